The number of esters is 1. The number of alkyl halides is 4. The van der Waals surface area contributed by atoms with Gasteiger partial charge in [-0.05, 0) is 28.7 Å². The van der Waals surface area contributed by atoms with Crippen LogP contribution in [0.1, 0.15) is 11.4 Å². The standard InChI is InChI=1S/C10H8ClF3INO3/c1-18-9(17)3-6-5(15)2-8(7(4-11)16-6)19-10(12,13)14/h2H,3-4H2,1H3. The summed E-state index contributed by atoms with van der Waals surface area (Å²) in [5.41, 5.74) is 0.205. The topological polar surface area (TPSA) is 48.4 Å². The Labute approximate surface area is 125 Å². The fraction of sp³-hybridized carbons (Fsp3) is 0.400. The summed E-state index contributed by atoms with van der Waals surface area (Å²) in [6, 6.07) is 1.14. The summed E-state index contributed by atoms with van der Waals surface area (Å²) in [5.74, 6) is -1.28. The fourth-order valence-electron chi connectivity index (χ4n) is 1.19. The highest BCUT2D eigenvalue weighted by atomic mass is 127. The molecule has 0 N–H and O–H groups in total. The summed E-state index contributed by atoms with van der Waals surface area (Å²) in [6.45, 7) is 0. The minimum Gasteiger partial charge on any atom is -0.469 e. The Morgan fingerprint density at radius 3 is 2.58 bits per heavy atom. The number of methoxy groups -OCH3 is 1. The molecule has 9 heteroatoms. The fourth-order valence-corrected chi connectivity index (χ4v) is 1.98. The van der Waals surface area contributed by atoms with Crippen LogP contribution in [-0.4, -0.2) is 24.4 Å². The predicted octanol–water partition coefficient (Wildman–Crippen LogP) is 3.04. The Bertz CT molecular complexity index is 482. The van der Waals surface area contributed by atoms with Gasteiger partial charge in [0, 0.05) is 3.57 Å². The molecule has 0 radical (unpaired) electrons. The zero-order valence-electron chi connectivity index (χ0n) is 9.55. The van der Waals surface area contributed by atoms with Crippen LogP contribution in [0.4, 0.5) is 13.2 Å². The van der Waals surface area contributed by atoms with E-state index in [1.54, 1.807) is 22.6 Å². The molecule has 106 valence electrons. The van der Waals surface area contributed by atoms with Gasteiger partial charge in [-0.25, -0.2) is 0 Å². The third-order valence-electron chi connectivity index (χ3n) is 1.98. The van der Waals surface area contributed by atoms with Crippen molar-refractivity contribution in [3.63, 3.8) is 0 Å². The van der Waals surface area contributed by atoms with Crippen molar-refractivity contribution < 1.29 is 27.4 Å². The molecule has 0 unspecified atom stereocenters. The molecule has 4 nitrogen and oxygen atoms in total. The molecule has 0 atom stereocenters. The number of ether oxygens (including phenoxy) is 2. The molecule has 0 amide bonds. The third kappa shape index (κ3) is 5.01. The molecule has 1 heterocycles. The van der Waals surface area contributed by atoms with Gasteiger partial charge in [0.15, 0.2) is 5.75 Å². The van der Waals surface area contributed by atoms with Gasteiger partial charge in [-0.15, -0.1) is 24.8 Å². The van der Waals surface area contributed by atoms with E-state index in [2.05, 4.69) is 14.5 Å². The normalized spacial score (nSPS) is 11.3. The lowest BCUT2D eigenvalue weighted by Gasteiger charge is -2.13. The van der Waals surface area contributed by atoms with Crippen LogP contribution in [0.15, 0.2) is 6.07 Å². The summed E-state index contributed by atoms with van der Waals surface area (Å²) in [7, 11) is 1.21. The van der Waals surface area contributed by atoms with Crippen molar-refractivity contribution >= 4 is 40.2 Å². The third-order valence-corrected chi connectivity index (χ3v) is 3.17. The molecule has 0 spiro atoms. The summed E-state index contributed by atoms with van der Waals surface area (Å²) in [5, 5.41) is 0. The van der Waals surface area contributed by atoms with Gasteiger partial charge < -0.3 is 9.47 Å². The number of rotatable bonds is 4. The lowest BCUT2D eigenvalue weighted by Crippen LogP contribution is -2.19. The second-order valence-electron chi connectivity index (χ2n) is 3.30. The van der Waals surface area contributed by atoms with Gasteiger partial charge in [0.1, 0.15) is 0 Å². The van der Waals surface area contributed by atoms with E-state index in [1.807, 2.05) is 0 Å². The van der Waals surface area contributed by atoms with Crippen molar-refractivity contribution in [2.24, 2.45) is 0 Å². The first-order valence-corrected chi connectivity index (χ1v) is 6.45. The molecule has 1 aromatic heterocycles. The number of nitrogens with zero attached hydrogens (tertiary/aromatic N) is 1. The molecule has 0 aromatic carbocycles. The first-order valence-electron chi connectivity index (χ1n) is 4.83. The molecule has 0 saturated heterocycles. The number of halogens is 5. The van der Waals surface area contributed by atoms with Crippen LogP contribution in [0.5, 0.6) is 5.75 Å². The first-order chi connectivity index (χ1) is 8.76. The Kier molecular flexibility index (Phi) is 5.65. The number of hydrogen-bond acceptors (Lipinski definition) is 4. The zero-order valence-corrected chi connectivity index (χ0v) is 12.5. The Morgan fingerprint density at radius 1 is 1.47 bits per heavy atom. The van der Waals surface area contributed by atoms with Crippen molar-refractivity contribution in [2.45, 2.75) is 18.7 Å². The molecule has 0 aliphatic carbocycles. The molecular formula is C10H8ClF3INO3. The van der Waals surface area contributed by atoms with Crippen LogP contribution < -0.4 is 4.74 Å². The van der Waals surface area contributed by atoms with E-state index in [9.17, 15) is 18.0 Å². The second kappa shape index (κ2) is 6.60. The summed E-state index contributed by atoms with van der Waals surface area (Å²) < 4.78 is 45.2. The van der Waals surface area contributed by atoms with Gasteiger partial charge in [-0.2, -0.15) is 0 Å². The number of aromatic nitrogens is 1. The van der Waals surface area contributed by atoms with Crippen molar-refractivity contribution in [1.82, 2.24) is 4.98 Å². The van der Waals surface area contributed by atoms with Crippen LogP contribution in [0.25, 0.3) is 0 Å². The SMILES string of the molecule is COC(=O)Cc1nc(CCl)c(OC(F)(F)F)cc1I. The lowest BCUT2D eigenvalue weighted by molar-refractivity contribution is -0.275. The quantitative estimate of drug-likeness (QED) is 0.436. The van der Waals surface area contributed by atoms with E-state index >= 15 is 0 Å². The molecule has 0 bridgehead atoms. The highest BCUT2D eigenvalue weighted by molar-refractivity contribution is 14.1. The number of hydrogen-bond donors (Lipinski definition) is 0. The molecule has 1 aromatic rings. The molecule has 0 saturated carbocycles. The Hall–Kier alpha value is -0.770. The van der Waals surface area contributed by atoms with Crippen molar-refractivity contribution in [2.75, 3.05) is 7.11 Å². The van der Waals surface area contributed by atoms with Crippen LogP contribution >= 0.6 is 34.2 Å². The average molecular weight is 410 g/mol. The summed E-state index contributed by atoms with van der Waals surface area (Å²) in [4.78, 5) is 15.0. The van der Waals surface area contributed by atoms with Crippen LogP contribution in [-0.2, 0) is 21.8 Å². The van der Waals surface area contributed by atoms with E-state index in [-0.39, 0.29) is 23.7 Å². The first kappa shape index (κ1) is 16.3. The molecule has 0 fully saturated rings. The van der Waals surface area contributed by atoms with Crippen LogP contribution in [0, 0.1) is 3.57 Å². The summed E-state index contributed by atoms with van der Waals surface area (Å²) in [6.07, 6.45) is -4.97. The average Bonchev–Trinajstić information content (AvgIpc) is 2.30. The van der Waals surface area contributed by atoms with Crippen LogP contribution in [0.3, 0.4) is 0 Å². The lowest BCUT2D eigenvalue weighted by atomic mass is 10.2. The van der Waals surface area contributed by atoms with E-state index in [0.29, 0.717) is 3.57 Å². The summed E-state index contributed by atoms with van der Waals surface area (Å²) >= 11 is 7.29. The van der Waals surface area contributed by atoms with Gasteiger partial charge in [0.25, 0.3) is 0 Å². The van der Waals surface area contributed by atoms with Gasteiger partial charge in [-0.1, -0.05) is 0 Å². The molecule has 19 heavy (non-hydrogen) atoms. The number of carbonyl (C=O) groups excluding carboxylic acids is 1. The molecule has 1 rings (SSSR count). The number of pyridine rings is 1. The smallest absolute Gasteiger partial charge is 0.469 e. The Morgan fingerprint density at radius 2 is 2.11 bits per heavy atom. The Balaban J connectivity index is 3.10. The van der Waals surface area contributed by atoms with Crippen molar-refractivity contribution in [3.05, 3.63) is 21.0 Å². The molecular weight excluding hydrogens is 401 g/mol. The zero-order chi connectivity index (χ0) is 14.6. The van der Waals surface area contributed by atoms with Crippen molar-refractivity contribution in [1.29, 1.82) is 0 Å². The minimum absolute atomic E-state index is 0.0849. The van der Waals surface area contributed by atoms with E-state index < -0.39 is 18.1 Å². The minimum atomic E-state index is -4.82. The second-order valence-corrected chi connectivity index (χ2v) is 4.73. The maximum Gasteiger partial charge on any atom is 0.573 e. The monoisotopic (exact) mass is 409 g/mol. The highest BCUT2D eigenvalue weighted by Gasteiger charge is 2.32. The highest BCUT2D eigenvalue weighted by Crippen LogP contribution is 2.29. The maximum atomic E-state index is 12.2. The van der Waals surface area contributed by atoms with Gasteiger partial charge in [0.05, 0.1) is 30.8 Å². The van der Waals surface area contributed by atoms with Crippen molar-refractivity contribution in [3.8, 4) is 5.75 Å². The maximum absolute atomic E-state index is 12.2. The molecule has 0 aliphatic heterocycles. The van der Waals surface area contributed by atoms with E-state index in [4.69, 9.17) is 11.6 Å². The van der Waals surface area contributed by atoms with Gasteiger partial charge in [-0.3, -0.25) is 9.78 Å². The van der Waals surface area contributed by atoms with Crippen LogP contribution in [0.2, 0.25) is 0 Å². The van der Waals surface area contributed by atoms with Gasteiger partial charge >= 0.3 is 12.3 Å². The molecule has 0 aliphatic rings. The van der Waals surface area contributed by atoms with E-state index in [1.165, 1.54) is 7.11 Å². The largest absolute Gasteiger partial charge is 0.573 e. The van der Waals surface area contributed by atoms with Gasteiger partial charge in [0.2, 0.25) is 0 Å². The predicted molar refractivity (Wildman–Crippen MR) is 68.9 cm³/mol. The number of carbonyl (C=O) groups is 1. The van der Waals surface area contributed by atoms with E-state index in [0.717, 1.165) is 6.07 Å².